The maximum atomic E-state index is 14.6. The summed E-state index contributed by atoms with van der Waals surface area (Å²) in [5, 5.41) is 0. The summed E-state index contributed by atoms with van der Waals surface area (Å²) in [7, 11) is 0. The van der Waals surface area contributed by atoms with E-state index in [2.05, 4.69) is 31.2 Å². The first-order chi connectivity index (χ1) is 16.5. The van der Waals surface area contributed by atoms with E-state index in [9.17, 15) is 8.78 Å². The lowest BCUT2D eigenvalue weighted by Gasteiger charge is -2.29. The van der Waals surface area contributed by atoms with Crippen molar-refractivity contribution in [2.24, 2.45) is 17.8 Å². The first kappa shape index (κ1) is 24.9. The van der Waals surface area contributed by atoms with Gasteiger partial charge in [-0.1, -0.05) is 56.2 Å². The van der Waals surface area contributed by atoms with Crippen LogP contribution in [0, 0.1) is 29.4 Å². The predicted octanol–water partition coefficient (Wildman–Crippen LogP) is 9.47. The molecule has 0 aliphatic heterocycles. The average molecular weight is 467 g/mol. The maximum absolute atomic E-state index is 14.6. The molecule has 0 radical (unpaired) electrons. The topological polar surface area (TPSA) is 9.23 Å². The Morgan fingerprint density at radius 3 is 2.24 bits per heavy atom. The van der Waals surface area contributed by atoms with Gasteiger partial charge in [-0.3, -0.25) is 0 Å². The molecular formula is C31H40F2O. The molecule has 2 saturated carbocycles. The van der Waals surface area contributed by atoms with Gasteiger partial charge in [0, 0.05) is 5.56 Å². The van der Waals surface area contributed by atoms with Crippen molar-refractivity contribution in [1.82, 2.24) is 0 Å². The number of allylic oxidation sites excluding steroid dienone is 2. The monoisotopic (exact) mass is 466 g/mol. The van der Waals surface area contributed by atoms with Crippen LogP contribution in [0.2, 0.25) is 0 Å². The van der Waals surface area contributed by atoms with Crippen molar-refractivity contribution in [2.75, 3.05) is 6.61 Å². The molecule has 0 N–H and O–H groups in total. The van der Waals surface area contributed by atoms with Crippen molar-refractivity contribution < 1.29 is 13.5 Å². The molecule has 0 bridgehead atoms. The van der Waals surface area contributed by atoms with E-state index in [4.69, 9.17) is 4.74 Å². The van der Waals surface area contributed by atoms with E-state index in [-0.39, 0.29) is 11.3 Å². The second kappa shape index (κ2) is 12.0. The van der Waals surface area contributed by atoms with E-state index in [1.165, 1.54) is 75.8 Å². The molecule has 0 unspecified atom stereocenters. The molecule has 3 heteroatoms. The lowest BCUT2D eigenvalue weighted by atomic mass is 9.77. The minimum absolute atomic E-state index is 0.0313. The third-order valence-electron chi connectivity index (χ3n) is 8.10. The van der Waals surface area contributed by atoms with E-state index >= 15 is 0 Å². The predicted molar refractivity (Wildman–Crippen MR) is 137 cm³/mol. The first-order valence-corrected chi connectivity index (χ1v) is 13.4. The Morgan fingerprint density at radius 1 is 0.853 bits per heavy atom. The van der Waals surface area contributed by atoms with Crippen LogP contribution in [0.15, 0.2) is 48.6 Å². The largest absolute Gasteiger partial charge is 0.491 e. The fourth-order valence-electron chi connectivity index (χ4n) is 5.84. The third kappa shape index (κ3) is 6.29. The molecule has 0 heterocycles. The Bertz CT molecular complexity index is 933. The van der Waals surface area contributed by atoms with Gasteiger partial charge >= 0.3 is 0 Å². The van der Waals surface area contributed by atoms with E-state index in [1.54, 1.807) is 13.0 Å². The summed E-state index contributed by atoms with van der Waals surface area (Å²) in [5.74, 6) is 1.38. The molecule has 2 aliphatic rings. The van der Waals surface area contributed by atoms with Gasteiger partial charge in [0.1, 0.15) is 0 Å². The number of benzene rings is 2. The third-order valence-corrected chi connectivity index (χ3v) is 8.10. The van der Waals surface area contributed by atoms with Crippen LogP contribution >= 0.6 is 0 Å². The molecule has 0 saturated heterocycles. The SMILES string of the molecule is CCOc1ccc(-c2ccc(C3CCC(CC/C=C/C4CCC(C)CC4)CC3)cc2)c(F)c1F. The Hall–Kier alpha value is -2.16. The quantitative estimate of drug-likeness (QED) is 0.352. The highest BCUT2D eigenvalue weighted by atomic mass is 19.2. The zero-order valence-corrected chi connectivity index (χ0v) is 20.9. The minimum atomic E-state index is -0.912. The van der Waals surface area contributed by atoms with Gasteiger partial charge in [-0.25, -0.2) is 4.39 Å². The van der Waals surface area contributed by atoms with Crippen LogP contribution in [0.1, 0.15) is 89.5 Å². The molecule has 0 aromatic heterocycles. The number of rotatable bonds is 8. The second-order valence-electron chi connectivity index (χ2n) is 10.5. The summed E-state index contributed by atoms with van der Waals surface area (Å²) in [6, 6.07) is 11.2. The van der Waals surface area contributed by atoms with Gasteiger partial charge in [-0.05, 0) is 105 Å². The molecule has 1 nitrogen and oxygen atoms in total. The average Bonchev–Trinajstić information content (AvgIpc) is 2.87. The first-order valence-electron chi connectivity index (χ1n) is 13.4. The van der Waals surface area contributed by atoms with E-state index < -0.39 is 11.6 Å². The van der Waals surface area contributed by atoms with Crippen LogP contribution in [0.25, 0.3) is 11.1 Å². The van der Waals surface area contributed by atoms with Gasteiger partial charge in [-0.15, -0.1) is 0 Å². The summed E-state index contributed by atoms with van der Waals surface area (Å²) in [6.07, 6.45) is 18.1. The van der Waals surface area contributed by atoms with Crippen LogP contribution < -0.4 is 4.74 Å². The Balaban J connectivity index is 1.25. The van der Waals surface area contributed by atoms with Crippen LogP contribution in [0.3, 0.4) is 0 Å². The highest BCUT2D eigenvalue weighted by molar-refractivity contribution is 5.65. The molecule has 184 valence electrons. The fourth-order valence-corrected chi connectivity index (χ4v) is 5.84. The zero-order valence-electron chi connectivity index (χ0n) is 20.9. The molecule has 0 amide bonds. The number of hydrogen-bond donors (Lipinski definition) is 0. The molecule has 2 aliphatic carbocycles. The fraction of sp³-hybridized carbons (Fsp3) is 0.548. The van der Waals surface area contributed by atoms with Crippen LogP contribution in [-0.2, 0) is 0 Å². The second-order valence-corrected chi connectivity index (χ2v) is 10.5. The van der Waals surface area contributed by atoms with Crippen molar-refractivity contribution in [3.05, 3.63) is 65.7 Å². The maximum Gasteiger partial charge on any atom is 0.201 e. The van der Waals surface area contributed by atoms with E-state index in [1.807, 2.05) is 12.1 Å². The van der Waals surface area contributed by atoms with Crippen LogP contribution in [0.4, 0.5) is 8.78 Å². The van der Waals surface area contributed by atoms with Gasteiger partial charge in [0.15, 0.2) is 11.6 Å². The molecular weight excluding hydrogens is 426 g/mol. The van der Waals surface area contributed by atoms with E-state index in [0.29, 0.717) is 18.1 Å². The molecule has 0 spiro atoms. The van der Waals surface area contributed by atoms with Crippen molar-refractivity contribution in [1.29, 1.82) is 0 Å². The van der Waals surface area contributed by atoms with Crippen LogP contribution in [-0.4, -0.2) is 6.61 Å². The Kier molecular flexibility index (Phi) is 8.80. The van der Waals surface area contributed by atoms with Crippen molar-refractivity contribution in [2.45, 2.75) is 84.0 Å². The number of halogens is 2. The molecule has 2 fully saturated rings. The van der Waals surface area contributed by atoms with E-state index in [0.717, 1.165) is 17.8 Å². The van der Waals surface area contributed by atoms with Crippen molar-refractivity contribution in [3.63, 3.8) is 0 Å². The number of hydrogen-bond acceptors (Lipinski definition) is 1. The summed E-state index contributed by atoms with van der Waals surface area (Å²) in [6.45, 7) is 4.45. The summed E-state index contributed by atoms with van der Waals surface area (Å²) >= 11 is 0. The molecule has 34 heavy (non-hydrogen) atoms. The van der Waals surface area contributed by atoms with Gasteiger partial charge in [0.2, 0.25) is 5.82 Å². The normalized spacial score (nSPS) is 25.5. The van der Waals surface area contributed by atoms with Gasteiger partial charge in [0.25, 0.3) is 0 Å². The van der Waals surface area contributed by atoms with Gasteiger partial charge in [-0.2, -0.15) is 4.39 Å². The lowest BCUT2D eigenvalue weighted by Crippen LogP contribution is -2.13. The molecule has 2 aromatic carbocycles. The zero-order chi connectivity index (χ0) is 23.9. The standard InChI is InChI=1S/C31H40F2O/c1-3-34-29-21-20-28(30(32)31(29)33)27-18-16-26(17-19-27)25-14-12-24(13-15-25)7-5-4-6-23-10-8-22(2)9-11-23/h4,6,16-25H,3,5,7-15H2,1-2H3/b6-4+. The molecule has 0 atom stereocenters. The smallest absolute Gasteiger partial charge is 0.201 e. The summed E-state index contributed by atoms with van der Waals surface area (Å²) in [4.78, 5) is 0. The lowest BCUT2D eigenvalue weighted by molar-refractivity contribution is 0.310. The van der Waals surface area contributed by atoms with Crippen molar-refractivity contribution in [3.8, 4) is 16.9 Å². The van der Waals surface area contributed by atoms with Crippen molar-refractivity contribution >= 4 is 0 Å². The molecule has 4 rings (SSSR count). The Labute approximate surface area is 204 Å². The van der Waals surface area contributed by atoms with Gasteiger partial charge < -0.3 is 4.74 Å². The number of ether oxygens (including phenoxy) is 1. The summed E-state index contributed by atoms with van der Waals surface area (Å²) < 4.78 is 34.0. The Morgan fingerprint density at radius 2 is 1.56 bits per heavy atom. The summed E-state index contributed by atoms with van der Waals surface area (Å²) in [5.41, 5.74) is 2.31. The molecule has 2 aromatic rings. The minimum Gasteiger partial charge on any atom is -0.491 e. The van der Waals surface area contributed by atoms with Gasteiger partial charge in [0.05, 0.1) is 6.61 Å². The van der Waals surface area contributed by atoms with Crippen LogP contribution in [0.5, 0.6) is 5.75 Å². The highest BCUT2D eigenvalue weighted by Crippen LogP contribution is 2.39. The highest BCUT2D eigenvalue weighted by Gasteiger charge is 2.23.